The lowest BCUT2D eigenvalue weighted by atomic mass is 9.95. The molecule has 0 amide bonds. The summed E-state index contributed by atoms with van der Waals surface area (Å²) in [5.74, 6) is 2.48. The molecule has 0 aliphatic heterocycles. The highest BCUT2D eigenvalue weighted by molar-refractivity contribution is 5.64. The first kappa shape index (κ1) is 23.8. The molecule has 0 spiro atoms. The number of hydrogen-bond acceptors (Lipinski definition) is 3. The first-order chi connectivity index (χ1) is 17.8. The summed E-state index contributed by atoms with van der Waals surface area (Å²) in [6, 6.07) is 13.6. The molecule has 3 heterocycles. The molecular formula is C33H41N3. The number of aromatic nitrogens is 3. The van der Waals surface area contributed by atoms with Crippen LogP contribution in [0, 0.1) is 17.8 Å². The molecule has 3 heteroatoms. The molecule has 188 valence electrons. The van der Waals surface area contributed by atoms with Crippen molar-refractivity contribution in [2.24, 2.45) is 17.8 Å². The van der Waals surface area contributed by atoms with Gasteiger partial charge in [-0.1, -0.05) is 77.0 Å². The molecular weight excluding hydrogens is 438 g/mol. The van der Waals surface area contributed by atoms with Gasteiger partial charge >= 0.3 is 0 Å². The van der Waals surface area contributed by atoms with Crippen LogP contribution in [0.1, 0.15) is 93.7 Å². The number of hydrogen-bond donors (Lipinski definition) is 0. The van der Waals surface area contributed by atoms with E-state index in [1.165, 1.54) is 107 Å². The normalized spacial score (nSPS) is 19.4. The minimum Gasteiger partial charge on any atom is -0.255 e. The summed E-state index contributed by atoms with van der Waals surface area (Å²) in [6.07, 6.45) is 24.0. The molecule has 36 heavy (non-hydrogen) atoms. The SMILES string of the molecule is c1cc(CC2CCCC2)cc(-c2cc(CC3CCCC3)cc(-c3cc(CC4CCCC4)ccn3)n2)n1. The average molecular weight is 480 g/mol. The second-order valence-electron chi connectivity index (χ2n) is 11.9. The van der Waals surface area contributed by atoms with E-state index in [9.17, 15) is 0 Å². The van der Waals surface area contributed by atoms with Gasteiger partial charge < -0.3 is 0 Å². The Bertz CT molecular complexity index is 1070. The zero-order valence-corrected chi connectivity index (χ0v) is 21.8. The van der Waals surface area contributed by atoms with Gasteiger partial charge in [0, 0.05) is 12.4 Å². The molecule has 0 aromatic carbocycles. The molecule has 3 aliphatic carbocycles. The third-order valence-corrected chi connectivity index (χ3v) is 9.06. The Kier molecular flexibility index (Phi) is 7.44. The van der Waals surface area contributed by atoms with Gasteiger partial charge in [0.25, 0.3) is 0 Å². The minimum absolute atomic E-state index is 0.802. The van der Waals surface area contributed by atoms with Gasteiger partial charge in [0.15, 0.2) is 0 Å². The van der Waals surface area contributed by atoms with Crippen molar-refractivity contribution in [1.29, 1.82) is 0 Å². The van der Waals surface area contributed by atoms with Crippen LogP contribution in [0.4, 0.5) is 0 Å². The maximum absolute atomic E-state index is 5.17. The van der Waals surface area contributed by atoms with Crippen LogP contribution in [0.25, 0.3) is 22.8 Å². The van der Waals surface area contributed by atoms with Gasteiger partial charge in [-0.2, -0.15) is 0 Å². The van der Waals surface area contributed by atoms with E-state index in [0.717, 1.165) is 47.0 Å². The van der Waals surface area contributed by atoms with Crippen LogP contribution in [-0.2, 0) is 19.3 Å². The summed E-state index contributed by atoms with van der Waals surface area (Å²) in [7, 11) is 0. The van der Waals surface area contributed by atoms with Crippen molar-refractivity contribution in [3.8, 4) is 22.8 Å². The predicted octanol–water partition coefficient (Wildman–Crippen LogP) is 8.40. The van der Waals surface area contributed by atoms with Crippen molar-refractivity contribution in [2.45, 2.75) is 96.3 Å². The highest BCUT2D eigenvalue weighted by Gasteiger charge is 2.20. The van der Waals surface area contributed by atoms with E-state index in [-0.39, 0.29) is 0 Å². The van der Waals surface area contributed by atoms with Crippen molar-refractivity contribution in [2.75, 3.05) is 0 Å². The zero-order chi connectivity index (χ0) is 24.2. The van der Waals surface area contributed by atoms with Gasteiger partial charge in [-0.25, -0.2) is 4.98 Å². The van der Waals surface area contributed by atoms with Gasteiger partial charge in [0.1, 0.15) is 0 Å². The van der Waals surface area contributed by atoms with Crippen LogP contribution in [0.3, 0.4) is 0 Å². The third kappa shape index (κ3) is 5.88. The first-order valence-electron chi connectivity index (χ1n) is 14.7. The Morgan fingerprint density at radius 3 is 1.25 bits per heavy atom. The van der Waals surface area contributed by atoms with E-state index >= 15 is 0 Å². The minimum atomic E-state index is 0.802. The summed E-state index contributed by atoms with van der Waals surface area (Å²) < 4.78 is 0. The second kappa shape index (κ2) is 11.2. The van der Waals surface area contributed by atoms with E-state index in [1.54, 1.807) is 0 Å². The zero-order valence-electron chi connectivity index (χ0n) is 21.8. The fourth-order valence-corrected chi connectivity index (χ4v) is 7.09. The third-order valence-electron chi connectivity index (χ3n) is 9.06. The Balaban J connectivity index is 1.31. The predicted molar refractivity (Wildman–Crippen MR) is 148 cm³/mol. The molecule has 0 unspecified atom stereocenters. The molecule has 3 aromatic heterocycles. The van der Waals surface area contributed by atoms with Crippen molar-refractivity contribution >= 4 is 0 Å². The molecule has 3 fully saturated rings. The Hall–Kier alpha value is -2.55. The summed E-state index contributed by atoms with van der Waals surface area (Å²) in [5, 5.41) is 0. The smallest absolute Gasteiger partial charge is 0.0897 e. The quantitative estimate of drug-likeness (QED) is 0.325. The van der Waals surface area contributed by atoms with E-state index in [1.807, 2.05) is 12.4 Å². The van der Waals surface area contributed by atoms with Crippen LogP contribution >= 0.6 is 0 Å². The summed E-state index contributed by atoms with van der Waals surface area (Å²) >= 11 is 0. The molecule has 0 bridgehead atoms. The fourth-order valence-electron chi connectivity index (χ4n) is 7.09. The van der Waals surface area contributed by atoms with Crippen molar-refractivity contribution in [3.05, 3.63) is 65.5 Å². The van der Waals surface area contributed by atoms with Crippen LogP contribution in [0.5, 0.6) is 0 Å². The van der Waals surface area contributed by atoms with Gasteiger partial charge in [-0.05, 0) is 90.1 Å². The van der Waals surface area contributed by atoms with Crippen molar-refractivity contribution < 1.29 is 0 Å². The van der Waals surface area contributed by atoms with Crippen LogP contribution in [0.2, 0.25) is 0 Å². The van der Waals surface area contributed by atoms with E-state index in [4.69, 9.17) is 15.0 Å². The lowest BCUT2D eigenvalue weighted by molar-refractivity contribution is 0.546. The number of pyridine rings is 3. The summed E-state index contributed by atoms with van der Waals surface area (Å²) in [6.45, 7) is 0. The topological polar surface area (TPSA) is 38.7 Å². The van der Waals surface area contributed by atoms with Gasteiger partial charge in [0.05, 0.1) is 22.8 Å². The molecule has 0 radical (unpaired) electrons. The molecule has 3 nitrogen and oxygen atoms in total. The van der Waals surface area contributed by atoms with Gasteiger partial charge in [-0.3, -0.25) is 9.97 Å². The highest BCUT2D eigenvalue weighted by Crippen LogP contribution is 2.33. The largest absolute Gasteiger partial charge is 0.255 e. The van der Waals surface area contributed by atoms with Gasteiger partial charge in [0.2, 0.25) is 0 Å². The molecule has 0 atom stereocenters. The second-order valence-corrected chi connectivity index (χ2v) is 11.9. The first-order valence-corrected chi connectivity index (χ1v) is 14.7. The van der Waals surface area contributed by atoms with Crippen LogP contribution in [0.15, 0.2) is 48.8 Å². The maximum atomic E-state index is 5.17. The van der Waals surface area contributed by atoms with Gasteiger partial charge in [-0.15, -0.1) is 0 Å². The fraction of sp³-hybridized carbons (Fsp3) is 0.545. The Morgan fingerprint density at radius 1 is 0.472 bits per heavy atom. The molecule has 3 saturated carbocycles. The number of rotatable bonds is 8. The van der Waals surface area contributed by atoms with Crippen LogP contribution < -0.4 is 0 Å². The monoisotopic (exact) mass is 479 g/mol. The molecule has 3 aromatic rings. The lowest BCUT2D eigenvalue weighted by Gasteiger charge is -2.14. The maximum Gasteiger partial charge on any atom is 0.0897 e. The number of nitrogens with zero attached hydrogens (tertiary/aromatic N) is 3. The lowest BCUT2D eigenvalue weighted by Crippen LogP contribution is -2.03. The van der Waals surface area contributed by atoms with Crippen LogP contribution in [-0.4, -0.2) is 15.0 Å². The van der Waals surface area contributed by atoms with E-state index in [0.29, 0.717) is 0 Å². The Labute approximate surface area is 217 Å². The van der Waals surface area contributed by atoms with E-state index < -0.39 is 0 Å². The molecule has 0 saturated heterocycles. The molecule has 3 aliphatic rings. The standard InChI is InChI=1S/C33H41N3/c1-2-8-24(7-1)17-27-13-15-34-30(20-27)32-22-29(19-26-11-5-6-12-26)23-33(36-32)31-21-28(14-16-35-31)18-25-9-3-4-10-25/h13-16,20-26H,1-12,17-19H2. The molecule has 0 N–H and O–H groups in total. The summed E-state index contributed by atoms with van der Waals surface area (Å²) in [4.78, 5) is 14.8. The summed E-state index contributed by atoms with van der Waals surface area (Å²) in [5.41, 5.74) is 8.27. The Morgan fingerprint density at radius 2 is 0.833 bits per heavy atom. The average Bonchev–Trinajstić information content (AvgIpc) is 3.69. The van der Waals surface area contributed by atoms with Crippen molar-refractivity contribution in [3.63, 3.8) is 0 Å². The highest BCUT2D eigenvalue weighted by atomic mass is 14.8. The van der Waals surface area contributed by atoms with E-state index in [2.05, 4.69) is 36.4 Å². The van der Waals surface area contributed by atoms with Crippen molar-refractivity contribution in [1.82, 2.24) is 15.0 Å². The molecule has 6 rings (SSSR count).